The third-order valence-corrected chi connectivity index (χ3v) is 6.14. The monoisotopic (exact) mass is 395 g/mol. The van der Waals surface area contributed by atoms with Crippen molar-refractivity contribution in [1.82, 2.24) is 0 Å². The summed E-state index contributed by atoms with van der Waals surface area (Å²) in [5.41, 5.74) is 0.623. The van der Waals surface area contributed by atoms with E-state index < -0.39 is 0 Å². The molecule has 1 amide bonds. The van der Waals surface area contributed by atoms with E-state index in [0.717, 1.165) is 32.7 Å². The van der Waals surface area contributed by atoms with Gasteiger partial charge in [0.1, 0.15) is 38.5 Å². The average molecular weight is 396 g/mol. The Morgan fingerprint density at radius 2 is 2.08 bits per heavy atom. The molecule has 1 fully saturated rings. The number of hydrogen-bond donors (Lipinski definition) is 3. The number of ether oxygens (including phenoxy) is 1. The SMILES string of the molecule is COc1ccc(Cl)cc1NC(=O)[C@@H](C)[NH+]1CC[NH+](Cc2cccs2)CC1. The summed E-state index contributed by atoms with van der Waals surface area (Å²) in [6.07, 6.45) is 0. The molecule has 140 valence electrons. The number of carbonyl (C=O) groups excluding carboxylic acids is 1. The summed E-state index contributed by atoms with van der Waals surface area (Å²) in [6, 6.07) is 9.44. The van der Waals surface area contributed by atoms with E-state index in [1.165, 1.54) is 9.78 Å². The van der Waals surface area contributed by atoms with Crippen LogP contribution < -0.4 is 19.9 Å². The fraction of sp³-hybridized carbons (Fsp3) is 0.421. The van der Waals surface area contributed by atoms with Crippen LogP contribution in [0.15, 0.2) is 35.7 Å². The van der Waals surface area contributed by atoms with Crippen LogP contribution in [-0.4, -0.2) is 45.2 Å². The van der Waals surface area contributed by atoms with E-state index in [9.17, 15) is 4.79 Å². The number of methoxy groups -OCH3 is 1. The summed E-state index contributed by atoms with van der Waals surface area (Å²) in [6.45, 7) is 7.26. The predicted molar refractivity (Wildman–Crippen MR) is 106 cm³/mol. The molecule has 0 bridgehead atoms. The molecule has 0 radical (unpaired) electrons. The van der Waals surface area contributed by atoms with Gasteiger partial charge in [0.25, 0.3) is 5.91 Å². The van der Waals surface area contributed by atoms with Gasteiger partial charge in [-0.1, -0.05) is 17.7 Å². The Morgan fingerprint density at radius 1 is 1.31 bits per heavy atom. The van der Waals surface area contributed by atoms with Crippen LogP contribution in [0.3, 0.4) is 0 Å². The highest BCUT2D eigenvalue weighted by Crippen LogP contribution is 2.27. The van der Waals surface area contributed by atoms with Crippen LogP contribution in [0.5, 0.6) is 5.75 Å². The maximum Gasteiger partial charge on any atom is 0.282 e. The molecule has 1 aliphatic heterocycles. The molecule has 0 aliphatic carbocycles. The first-order valence-electron chi connectivity index (χ1n) is 8.91. The van der Waals surface area contributed by atoms with Gasteiger partial charge in [0, 0.05) is 5.02 Å². The smallest absolute Gasteiger partial charge is 0.282 e. The number of quaternary nitrogens is 2. The molecule has 2 aromatic rings. The Kier molecular flexibility index (Phi) is 6.53. The van der Waals surface area contributed by atoms with Gasteiger partial charge < -0.3 is 19.9 Å². The molecular weight excluding hydrogens is 370 g/mol. The minimum absolute atomic E-state index is 0.00211. The number of piperazine rings is 1. The van der Waals surface area contributed by atoms with Crippen molar-refractivity contribution in [2.75, 3.05) is 38.6 Å². The van der Waals surface area contributed by atoms with Crippen LogP contribution >= 0.6 is 22.9 Å². The van der Waals surface area contributed by atoms with E-state index in [0.29, 0.717) is 16.5 Å². The zero-order valence-corrected chi connectivity index (χ0v) is 16.8. The van der Waals surface area contributed by atoms with E-state index in [1.54, 1.807) is 30.2 Å². The Balaban J connectivity index is 1.54. The number of rotatable bonds is 6. The van der Waals surface area contributed by atoms with Crippen molar-refractivity contribution < 1.29 is 19.3 Å². The Hall–Kier alpha value is -1.60. The highest BCUT2D eigenvalue weighted by Gasteiger charge is 2.31. The number of anilines is 1. The van der Waals surface area contributed by atoms with Crippen LogP contribution in [0.25, 0.3) is 0 Å². The van der Waals surface area contributed by atoms with E-state index in [-0.39, 0.29) is 11.9 Å². The molecular formula is C19H26ClN3O2S+2. The van der Waals surface area contributed by atoms with E-state index in [2.05, 4.69) is 22.8 Å². The molecule has 26 heavy (non-hydrogen) atoms. The van der Waals surface area contributed by atoms with Gasteiger partial charge in [-0.3, -0.25) is 4.79 Å². The Bertz CT molecular complexity index is 730. The standard InChI is InChI=1S/C19H24ClN3O2S/c1-14(19(24)21-17-12-15(20)5-6-18(17)25-2)23-9-7-22(8-10-23)13-16-4-3-11-26-16/h3-6,11-12,14H,7-10,13H2,1-2H3,(H,21,24)/p+2/t14-/m1/s1. The van der Waals surface area contributed by atoms with Gasteiger partial charge in [-0.05, 0) is 36.6 Å². The average Bonchev–Trinajstić information content (AvgIpc) is 3.15. The first-order valence-corrected chi connectivity index (χ1v) is 10.2. The minimum atomic E-state index is -0.109. The van der Waals surface area contributed by atoms with Gasteiger partial charge in [-0.15, -0.1) is 11.3 Å². The second-order valence-electron chi connectivity index (χ2n) is 6.72. The predicted octanol–water partition coefficient (Wildman–Crippen LogP) is 0.721. The zero-order valence-electron chi connectivity index (χ0n) is 15.2. The molecule has 7 heteroatoms. The summed E-state index contributed by atoms with van der Waals surface area (Å²) < 4.78 is 5.31. The lowest BCUT2D eigenvalue weighted by atomic mass is 10.2. The number of hydrogen-bond acceptors (Lipinski definition) is 3. The van der Waals surface area contributed by atoms with E-state index in [4.69, 9.17) is 16.3 Å². The number of nitrogens with one attached hydrogen (secondary N) is 3. The van der Waals surface area contributed by atoms with Gasteiger partial charge >= 0.3 is 0 Å². The van der Waals surface area contributed by atoms with Gasteiger partial charge in [-0.2, -0.15) is 0 Å². The molecule has 2 heterocycles. The molecule has 1 aromatic heterocycles. The van der Waals surface area contributed by atoms with Crippen molar-refractivity contribution >= 4 is 34.5 Å². The number of benzene rings is 1. The second kappa shape index (κ2) is 8.86. The van der Waals surface area contributed by atoms with Gasteiger partial charge in [0.05, 0.1) is 17.7 Å². The maximum absolute atomic E-state index is 12.7. The van der Waals surface area contributed by atoms with Gasteiger partial charge in [0.2, 0.25) is 0 Å². The van der Waals surface area contributed by atoms with Crippen LogP contribution in [0.4, 0.5) is 5.69 Å². The third kappa shape index (κ3) is 4.76. The Labute approximate surface area is 163 Å². The quantitative estimate of drug-likeness (QED) is 0.675. The summed E-state index contributed by atoms with van der Waals surface area (Å²) in [5, 5.41) is 5.68. The minimum Gasteiger partial charge on any atom is -0.495 e. The van der Waals surface area contributed by atoms with Crippen LogP contribution in [0, 0.1) is 0 Å². The largest absolute Gasteiger partial charge is 0.495 e. The molecule has 0 saturated carbocycles. The normalized spacial score (nSPS) is 21.2. The molecule has 0 unspecified atom stereocenters. The van der Waals surface area contributed by atoms with Gasteiger partial charge in [-0.25, -0.2) is 0 Å². The summed E-state index contributed by atoms with van der Waals surface area (Å²) in [4.78, 5) is 17.1. The van der Waals surface area contributed by atoms with E-state index >= 15 is 0 Å². The summed E-state index contributed by atoms with van der Waals surface area (Å²) in [7, 11) is 1.59. The molecule has 1 saturated heterocycles. The highest BCUT2D eigenvalue weighted by molar-refractivity contribution is 7.09. The van der Waals surface area contributed by atoms with Crippen LogP contribution in [-0.2, 0) is 11.3 Å². The summed E-state index contributed by atoms with van der Waals surface area (Å²) in [5.74, 6) is 0.623. The van der Waals surface area contributed by atoms with Crippen molar-refractivity contribution in [1.29, 1.82) is 0 Å². The lowest BCUT2D eigenvalue weighted by Crippen LogP contribution is -3.29. The number of carbonyl (C=O) groups is 1. The first-order chi connectivity index (χ1) is 12.6. The molecule has 1 aromatic carbocycles. The molecule has 1 aliphatic rings. The number of thiophene rings is 1. The van der Waals surface area contributed by atoms with Gasteiger partial charge in [0.15, 0.2) is 6.04 Å². The molecule has 3 rings (SSSR count). The van der Waals surface area contributed by atoms with Crippen molar-refractivity contribution in [2.45, 2.75) is 19.5 Å². The lowest BCUT2D eigenvalue weighted by Gasteiger charge is -2.32. The molecule has 1 atom stereocenters. The topological polar surface area (TPSA) is 47.2 Å². The highest BCUT2D eigenvalue weighted by atomic mass is 35.5. The molecule has 0 spiro atoms. The van der Waals surface area contributed by atoms with Crippen LogP contribution in [0.1, 0.15) is 11.8 Å². The summed E-state index contributed by atoms with van der Waals surface area (Å²) >= 11 is 7.87. The fourth-order valence-electron chi connectivity index (χ4n) is 3.40. The third-order valence-electron chi connectivity index (χ3n) is 5.03. The number of halogens is 1. The van der Waals surface area contributed by atoms with Crippen molar-refractivity contribution in [2.24, 2.45) is 0 Å². The fourth-order valence-corrected chi connectivity index (χ4v) is 4.35. The van der Waals surface area contributed by atoms with Crippen LogP contribution in [0.2, 0.25) is 5.02 Å². The molecule has 5 nitrogen and oxygen atoms in total. The second-order valence-corrected chi connectivity index (χ2v) is 8.19. The zero-order chi connectivity index (χ0) is 18.5. The van der Waals surface area contributed by atoms with Crippen molar-refractivity contribution in [3.05, 3.63) is 45.6 Å². The molecule has 3 N–H and O–H groups in total. The van der Waals surface area contributed by atoms with Crippen molar-refractivity contribution in [3.8, 4) is 5.75 Å². The first kappa shape index (κ1) is 19.2. The van der Waals surface area contributed by atoms with E-state index in [1.807, 2.05) is 18.3 Å². The maximum atomic E-state index is 12.7. The Morgan fingerprint density at radius 3 is 2.73 bits per heavy atom. The lowest BCUT2D eigenvalue weighted by molar-refractivity contribution is -1.02. The number of amides is 1. The van der Waals surface area contributed by atoms with Crippen molar-refractivity contribution in [3.63, 3.8) is 0 Å².